The predicted molar refractivity (Wildman–Crippen MR) is 94.7 cm³/mol. The van der Waals surface area contributed by atoms with Crippen LogP contribution < -0.4 is 4.74 Å². The molecule has 6 heteroatoms. The number of nitrogens with zero attached hydrogens (tertiary/aromatic N) is 1. The SMILES string of the molecule is O=C([C@H](O)c1ccccc1)N1CCC(Oc2ccccc2)(C(=O)O)CC1. The first-order chi connectivity index (χ1) is 12.5. The van der Waals surface area contributed by atoms with Gasteiger partial charge in [0.1, 0.15) is 5.75 Å². The number of para-hydroxylation sites is 1. The predicted octanol–water partition coefficient (Wildman–Crippen LogP) is 2.24. The summed E-state index contributed by atoms with van der Waals surface area (Å²) >= 11 is 0. The monoisotopic (exact) mass is 355 g/mol. The smallest absolute Gasteiger partial charge is 0.348 e. The molecule has 26 heavy (non-hydrogen) atoms. The van der Waals surface area contributed by atoms with Crippen LogP contribution in [0.4, 0.5) is 0 Å². The van der Waals surface area contributed by atoms with Crippen molar-refractivity contribution in [3.63, 3.8) is 0 Å². The van der Waals surface area contributed by atoms with Gasteiger partial charge >= 0.3 is 5.97 Å². The summed E-state index contributed by atoms with van der Waals surface area (Å²) in [5.74, 6) is -0.981. The molecular formula is C20H21NO5. The highest BCUT2D eigenvalue weighted by Gasteiger charge is 2.45. The molecule has 0 spiro atoms. The van der Waals surface area contributed by atoms with Crippen molar-refractivity contribution in [3.8, 4) is 5.75 Å². The molecule has 1 fully saturated rings. The van der Waals surface area contributed by atoms with Gasteiger partial charge in [0, 0.05) is 25.9 Å². The lowest BCUT2D eigenvalue weighted by atomic mass is 9.90. The fourth-order valence-corrected chi connectivity index (χ4v) is 3.11. The minimum absolute atomic E-state index is 0.157. The van der Waals surface area contributed by atoms with E-state index in [1.807, 2.05) is 12.1 Å². The lowest BCUT2D eigenvalue weighted by Crippen LogP contribution is -2.55. The molecule has 0 saturated carbocycles. The summed E-state index contributed by atoms with van der Waals surface area (Å²) in [5, 5.41) is 20.0. The van der Waals surface area contributed by atoms with E-state index in [2.05, 4.69) is 0 Å². The van der Waals surface area contributed by atoms with Gasteiger partial charge in [-0.15, -0.1) is 0 Å². The number of hydrogen-bond acceptors (Lipinski definition) is 4. The van der Waals surface area contributed by atoms with Gasteiger partial charge in [-0.3, -0.25) is 4.79 Å². The summed E-state index contributed by atoms with van der Waals surface area (Å²) in [7, 11) is 0. The summed E-state index contributed by atoms with van der Waals surface area (Å²) in [6.07, 6.45) is -0.932. The molecule has 0 aliphatic carbocycles. The van der Waals surface area contributed by atoms with E-state index < -0.39 is 23.6 Å². The second-order valence-electron chi connectivity index (χ2n) is 6.35. The number of aliphatic hydroxyl groups is 1. The fraction of sp³-hybridized carbons (Fsp3) is 0.300. The standard InChI is InChI=1S/C20H21NO5/c22-17(15-7-3-1-4-8-15)18(23)21-13-11-20(12-14-21,19(24)25)26-16-9-5-2-6-10-16/h1-10,17,22H,11-14H2,(H,24,25)/t17-/m1/s1. The summed E-state index contributed by atoms with van der Waals surface area (Å²) in [4.78, 5) is 25.9. The molecule has 1 aliphatic rings. The molecule has 1 heterocycles. The van der Waals surface area contributed by atoms with Crippen molar-refractivity contribution in [2.45, 2.75) is 24.5 Å². The molecule has 0 aromatic heterocycles. The van der Waals surface area contributed by atoms with Crippen LogP contribution in [0.1, 0.15) is 24.5 Å². The van der Waals surface area contributed by atoms with Gasteiger partial charge in [0.25, 0.3) is 5.91 Å². The first kappa shape index (κ1) is 17.9. The number of carboxylic acid groups (broad SMARTS) is 1. The topological polar surface area (TPSA) is 87.1 Å². The lowest BCUT2D eigenvalue weighted by Gasteiger charge is -2.39. The lowest BCUT2D eigenvalue weighted by molar-refractivity contribution is -0.163. The third kappa shape index (κ3) is 3.70. The molecule has 1 saturated heterocycles. The summed E-state index contributed by atoms with van der Waals surface area (Å²) in [6, 6.07) is 17.5. The van der Waals surface area contributed by atoms with Crippen molar-refractivity contribution in [2.75, 3.05) is 13.1 Å². The summed E-state index contributed by atoms with van der Waals surface area (Å²) < 4.78 is 5.78. The molecule has 1 atom stereocenters. The Hall–Kier alpha value is -2.86. The largest absolute Gasteiger partial charge is 0.478 e. The van der Waals surface area contributed by atoms with Gasteiger partial charge in [-0.05, 0) is 17.7 Å². The van der Waals surface area contributed by atoms with Crippen molar-refractivity contribution in [1.82, 2.24) is 4.90 Å². The minimum Gasteiger partial charge on any atom is -0.478 e. The van der Waals surface area contributed by atoms with Crippen LogP contribution in [0.3, 0.4) is 0 Å². The van der Waals surface area contributed by atoms with E-state index in [9.17, 15) is 19.8 Å². The van der Waals surface area contributed by atoms with E-state index in [1.54, 1.807) is 48.5 Å². The number of benzene rings is 2. The van der Waals surface area contributed by atoms with E-state index in [0.717, 1.165) is 0 Å². The Morgan fingerprint density at radius 1 is 0.962 bits per heavy atom. The number of carbonyl (C=O) groups excluding carboxylic acids is 1. The molecule has 2 N–H and O–H groups in total. The zero-order valence-electron chi connectivity index (χ0n) is 14.2. The Morgan fingerprint density at radius 2 is 1.50 bits per heavy atom. The molecule has 0 bridgehead atoms. The number of aliphatic carboxylic acids is 1. The summed E-state index contributed by atoms with van der Waals surface area (Å²) in [6.45, 7) is 0.420. The maximum Gasteiger partial charge on any atom is 0.348 e. The maximum atomic E-state index is 12.5. The van der Waals surface area contributed by atoms with Crippen molar-refractivity contribution in [3.05, 3.63) is 66.2 Å². The van der Waals surface area contributed by atoms with E-state index in [4.69, 9.17) is 4.74 Å². The quantitative estimate of drug-likeness (QED) is 0.859. The first-order valence-corrected chi connectivity index (χ1v) is 8.51. The van der Waals surface area contributed by atoms with Crippen LogP contribution in [0.5, 0.6) is 5.75 Å². The van der Waals surface area contributed by atoms with Crippen molar-refractivity contribution >= 4 is 11.9 Å². The van der Waals surface area contributed by atoms with Crippen LogP contribution in [0, 0.1) is 0 Å². The highest BCUT2D eigenvalue weighted by atomic mass is 16.5. The molecule has 0 unspecified atom stereocenters. The van der Waals surface area contributed by atoms with Crippen LogP contribution in [0.25, 0.3) is 0 Å². The number of piperidine rings is 1. The van der Waals surface area contributed by atoms with E-state index in [0.29, 0.717) is 11.3 Å². The highest BCUT2D eigenvalue weighted by molar-refractivity contribution is 5.83. The molecule has 2 aromatic carbocycles. The molecule has 136 valence electrons. The molecule has 3 rings (SSSR count). The van der Waals surface area contributed by atoms with Crippen LogP contribution in [-0.2, 0) is 9.59 Å². The Kier molecular flexibility index (Phi) is 5.23. The maximum absolute atomic E-state index is 12.5. The van der Waals surface area contributed by atoms with Crippen LogP contribution >= 0.6 is 0 Å². The van der Waals surface area contributed by atoms with E-state index >= 15 is 0 Å². The van der Waals surface area contributed by atoms with Gasteiger partial charge in [0.2, 0.25) is 5.60 Å². The number of carbonyl (C=O) groups is 2. The summed E-state index contributed by atoms with van der Waals surface area (Å²) in [5.41, 5.74) is -0.844. The minimum atomic E-state index is -1.37. The molecule has 1 aliphatic heterocycles. The second-order valence-corrected chi connectivity index (χ2v) is 6.35. The Bertz CT molecular complexity index is 754. The Labute approximate surface area is 151 Å². The molecule has 6 nitrogen and oxygen atoms in total. The number of amides is 1. The van der Waals surface area contributed by atoms with Gasteiger partial charge in [0.05, 0.1) is 0 Å². The van der Waals surface area contributed by atoms with Crippen LogP contribution in [0.15, 0.2) is 60.7 Å². The zero-order chi connectivity index (χ0) is 18.6. The fourth-order valence-electron chi connectivity index (χ4n) is 3.11. The third-order valence-corrected chi connectivity index (χ3v) is 4.68. The number of likely N-dealkylation sites (tertiary alicyclic amines) is 1. The van der Waals surface area contributed by atoms with E-state index in [1.165, 1.54) is 4.90 Å². The first-order valence-electron chi connectivity index (χ1n) is 8.51. The van der Waals surface area contributed by atoms with Crippen molar-refractivity contribution in [1.29, 1.82) is 0 Å². The average molecular weight is 355 g/mol. The number of rotatable bonds is 5. The zero-order valence-corrected chi connectivity index (χ0v) is 14.2. The number of aliphatic hydroxyl groups excluding tert-OH is 1. The van der Waals surface area contributed by atoms with Gasteiger partial charge < -0.3 is 19.8 Å². The van der Waals surface area contributed by atoms with Crippen LogP contribution in [0.2, 0.25) is 0 Å². The van der Waals surface area contributed by atoms with Gasteiger partial charge in [0.15, 0.2) is 6.10 Å². The van der Waals surface area contributed by atoms with E-state index in [-0.39, 0.29) is 25.9 Å². The van der Waals surface area contributed by atoms with Gasteiger partial charge in [-0.25, -0.2) is 4.79 Å². The van der Waals surface area contributed by atoms with Crippen LogP contribution in [-0.4, -0.2) is 45.7 Å². The third-order valence-electron chi connectivity index (χ3n) is 4.68. The average Bonchev–Trinajstić information content (AvgIpc) is 2.69. The van der Waals surface area contributed by atoms with Crippen molar-refractivity contribution in [2.24, 2.45) is 0 Å². The Balaban J connectivity index is 1.68. The Morgan fingerprint density at radius 3 is 2.04 bits per heavy atom. The molecule has 0 radical (unpaired) electrons. The number of hydrogen-bond donors (Lipinski definition) is 2. The molecular weight excluding hydrogens is 334 g/mol. The van der Waals surface area contributed by atoms with Crippen molar-refractivity contribution < 1.29 is 24.5 Å². The normalized spacial score (nSPS) is 17.3. The highest BCUT2D eigenvalue weighted by Crippen LogP contribution is 2.30. The number of carboxylic acids is 1. The number of ether oxygens (including phenoxy) is 1. The molecule has 2 aromatic rings. The van der Waals surface area contributed by atoms with Gasteiger partial charge in [-0.2, -0.15) is 0 Å². The second kappa shape index (κ2) is 7.58. The van der Waals surface area contributed by atoms with Gasteiger partial charge in [-0.1, -0.05) is 48.5 Å². The molecule has 1 amide bonds.